The summed E-state index contributed by atoms with van der Waals surface area (Å²) in [6, 6.07) is 5.18. The van der Waals surface area contributed by atoms with Crippen LogP contribution in [-0.2, 0) is 11.8 Å². The van der Waals surface area contributed by atoms with E-state index in [0.29, 0.717) is 10.6 Å². The van der Waals surface area contributed by atoms with Crippen molar-refractivity contribution in [1.29, 1.82) is 0 Å². The maximum atomic E-state index is 12.4. The molecule has 2 aromatic rings. The standard InChI is InChI=1S/C14H14ClN3O3S/c1-18-12(14(20)21-2)11(7-16-18)17-13(19)9-6-8(22-3)4-5-10(9)15/h4-7H,1-3H3,(H,17,19). The van der Waals surface area contributed by atoms with Crippen molar-refractivity contribution in [3.63, 3.8) is 0 Å². The number of aryl methyl sites for hydroxylation is 1. The lowest BCUT2D eigenvalue weighted by molar-refractivity contribution is 0.0589. The van der Waals surface area contributed by atoms with Gasteiger partial charge < -0.3 is 10.1 Å². The molecule has 1 heterocycles. The van der Waals surface area contributed by atoms with Gasteiger partial charge in [-0.25, -0.2) is 4.79 Å². The monoisotopic (exact) mass is 339 g/mol. The Bertz CT molecular complexity index is 730. The minimum absolute atomic E-state index is 0.160. The number of nitrogens with one attached hydrogen (secondary N) is 1. The number of esters is 1. The number of thioether (sulfide) groups is 1. The summed E-state index contributed by atoms with van der Waals surface area (Å²) in [7, 11) is 2.85. The predicted octanol–water partition coefficient (Wildman–Crippen LogP) is 2.83. The van der Waals surface area contributed by atoms with Crippen molar-refractivity contribution >= 4 is 40.9 Å². The van der Waals surface area contributed by atoms with Gasteiger partial charge in [-0.15, -0.1) is 11.8 Å². The second kappa shape index (κ2) is 6.85. The third-order valence-electron chi connectivity index (χ3n) is 2.98. The van der Waals surface area contributed by atoms with E-state index in [1.165, 1.54) is 29.8 Å². The number of anilines is 1. The summed E-state index contributed by atoms with van der Waals surface area (Å²) in [5.41, 5.74) is 0.756. The molecule has 1 aromatic carbocycles. The Morgan fingerprint density at radius 3 is 2.77 bits per heavy atom. The average molecular weight is 340 g/mol. The number of carbonyl (C=O) groups is 2. The summed E-state index contributed by atoms with van der Waals surface area (Å²) in [4.78, 5) is 25.0. The van der Waals surface area contributed by atoms with Gasteiger partial charge in [0.2, 0.25) is 0 Å². The third kappa shape index (κ3) is 3.26. The molecule has 0 saturated carbocycles. The Morgan fingerprint density at radius 1 is 1.41 bits per heavy atom. The number of rotatable bonds is 4. The molecule has 116 valence electrons. The molecule has 0 radical (unpaired) electrons. The summed E-state index contributed by atoms with van der Waals surface area (Å²) in [5, 5.41) is 6.92. The van der Waals surface area contributed by atoms with Crippen LogP contribution in [0.3, 0.4) is 0 Å². The molecule has 2 rings (SSSR count). The van der Waals surface area contributed by atoms with Gasteiger partial charge in [0.05, 0.1) is 29.6 Å². The highest BCUT2D eigenvalue weighted by atomic mass is 35.5. The Kier molecular flexibility index (Phi) is 5.10. The molecule has 0 bridgehead atoms. The van der Waals surface area contributed by atoms with Crippen LogP contribution in [0.15, 0.2) is 29.3 Å². The first-order chi connectivity index (χ1) is 10.5. The number of ether oxygens (including phenoxy) is 1. The summed E-state index contributed by atoms with van der Waals surface area (Å²) < 4.78 is 6.02. The summed E-state index contributed by atoms with van der Waals surface area (Å²) >= 11 is 7.57. The smallest absolute Gasteiger partial charge is 0.358 e. The van der Waals surface area contributed by atoms with Crippen LogP contribution >= 0.6 is 23.4 Å². The maximum Gasteiger partial charge on any atom is 0.358 e. The molecule has 8 heteroatoms. The van der Waals surface area contributed by atoms with Crippen LogP contribution < -0.4 is 5.32 Å². The maximum absolute atomic E-state index is 12.4. The summed E-state index contributed by atoms with van der Waals surface area (Å²) in [6.45, 7) is 0. The number of methoxy groups -OCH3 is 1. The SMILES string of the molecule is COC(=O)c1c(NC(=O)c2cc(SC)ccc2Cl)cnn1C. The molecule has 0 aliphatic carbocycles. The van der Waals surface area contributed by atoms with E-state index in [-0.39, 0.29) is 11.4 Å². The van der Waals surface area contributed by atoms with Gasteiger partial charge >= 0.3 is 5.97 Å². The van der Waals surface area contributed by atoms with E-state index in [1.807, 2.05) is 12.3 Å². The van der Waals surface area contributed by atoms with Crippen LogP contribution in [-0.4, -0.2) is 35.0 Å². The molecule has 1 aromatic heterocycles. The number of amides is 1. The highest BCUT2D eigenvalue weighted by Crippen LogP contribution is 2.24. The van der Waals surface area contributed by atoms with Crippen LogP contribution in [0.4, 0.5) is 5.69 Å². The molecule has 1 amide bonds. The lowest BCUT2D eigenvalue weighted by Crippen LogP contribution is -2.16. The highest BCUT2D eigenvalue weighted by Gasteiger charge is 2.20. The van der Waals surface area contributed by atoms with Crippen LogP contribution in [0.5, 0.6) is 0 Å². The fraction of sp³-hybridized carbons (Fsp3) is 0.214. The molecule has 1 N–H and O–H groups in total. The topological polar surface area (TPSA) is 73.2 Å². The molecule has 0 spiro atoms. The Balaban J connectivity index is 2.32. The van der Waals surface area contributed by atoms with Gasteiger partial charge in [0.15, 0.2) is 5.69 Å². The number of halogens is 1. The molecule has 22 heavy (non-hydrogen) atoms. The Labute approximate surface area is 136 Å². The van der Waals surface area contributed by atoms with Gasteiger partial charge in [-0.05, 0) is 24.5 Å². The van der Waals surface area contributed by atoms with Gasteiger partial charge in [-0.2, -0.15) is 5.10 Å². The number of carbonyl (C=O) groups excluding carboxylic acids is 2. The van der Waals surface area contributed by atoms with Crippen molar-refractivity contribution in [1.82, 2.24) is 9.78 Å². The molecule has 0 fully saturated rings. The fourth-order valence-corrected chi connectivity index (χ4v) is 2.51. The van der Waals surface area contributed by atoms with E-state index in [9.17, 15) is 9.59 Å². The quantitative estimate of drug-likeness (QED) is 0.685. The van der Waals surface area contributed by atoms with E-state index in [1.54, 1.807) is 19.2 Å². The second-order valence-electron chi connectivity index (χ2n) is 4.32. The fourth-order valence-electron chi connectivity index (χ4n) is 1.86. The lowest BCUT2D eigenvalue weighted by Gasteiger charge is -2.08. The summed E-state index contributed by atoms with van der Waals surface area (Å²) in [6.07, 6.45) is 3.29. The molecular formula is C14H14ClN3O3S. The zero-order chi connectivity index (χ0) is 16.3. The number of hydrogen-bond donors (Lipinski definition) is 1. The molecule has 6 nitrogen and oxygen atoms in total. The first kappa shape index (κ1) is 16.4. The minimum atomic E-state index is -0.584. The first-order valence-corrected chi connectivity index (χ1v) is 7.83. The van der Waals surface area contributed by atoms with Crippen molar-refractivity contribution in [2.75, 3.05) is 18.7 Å². The zero-order valence-corrected chi connectivity index (χ0v) is 13.8. The van der Waals surface area contributed by atoms with Gasteiger partial charge in [-0.1, -0.05) is 11.6 Å². The largest absolute Gasteiger partial charge is 0.464 e. The van der Waals surface area contributed by atoms with Crippen LogP contribution in [0, 0.1) is 0 Å². The van der Waals surface area contributed by atoms with Gasteiger partial charge in [0.1, 0.15) is 0 Å². The van der Waals surface area contributed by atoms with Gasteiger partial charge in [-0.3, -0.25) is 9.48 Å². The van der Waals surface area contributed by atoms with Crippen LogP contribution in [0.2, 0.25) is 5.02 Å². The molecule has 0 atom stereocenters. The van der Waals surface area contributed by atoms with E-state index >= 15 is 0 Å². The highest BCUT2D eigenvalue weighted by molar-refractivity contribution is 7.98. The van der Waals surface area contributed by atoms with Crippen molar-refractivity contribution in [2.45, 2.75) is 4.90 Å². The van der Waals surface area contributed by atoms with Crippen molar-refractivity contribution in [2.24, 2.45) is 7.05 Å². The van der Waals surface area contributed by atoms with Crippen molar-refractivity contribution < 1.29 is 14.3 Å². The molecule has 0 aliphatic heterocycles. The first-order valence-electron chi connectivity index (χ1n) is 6.23. The van der Waals surface area contributed by atoms with Crippen LogP contribution in [0.25, 0.3) is 0 Å². The van der Waals surface area contributed by atoms with Gasteiger partial charge in [0.25, 0.3) is 5.91 Å². The molecule has 0 saturated heterocycles. The molecule has 0 unspecified atom stereocenters. The van der Waals surface area contributed by atoms with E-state index in [2.05, 4.69) is 15.2 Å². The second-order valence-corrected chi connectivity index (χ2v) is 5.61. The van der Waals surface area contributed by atoms with E-state index < -0.39 is 11.9 Å². The normalized spacial score (nSPS) is 10.4. The average Bonchev–Trinajstić information content (AvgIpc) is 2.87. The molecular weight excluding hydrogens is 326 g/mol. The zero-order valence-electron chi connectivity index (χ0n) is 12.2. The molecule has 0 aliphatic rings. The number of benzene rings is 1. The minimum Gasteiger partial charge on any atom is -0.464 e. The number of hydrogen-bond acceptors (Lipinski definition) is 5. The summed E-state index contributed by atoms with van der Waals surface area (Å²) in [5.74, 6) is -1.00. The third-order valence-corrected chi connectivity index (χ3v) is 4.04. The Hall–Kier alpha value is -1.99. The van der Waals surface area contributed by atoms with E-state index in [4.69, 9.17) is 11.6 Å². The Morgan fingerprint density at radius 2 is 2.14 bits per heavy atom. The predicted molar refractivity (Wildman–Crippen MR) is 85.7 cm³/mol. The lowest BCUT2D eigenvalue weighted by atomic mass is 10.2. The van der Waals surface area contributed by atoms with E-state index in [0.717, 1.165) is 4.90 Å². The number of aromatic nitrogens is 2. The van der Waals surface area contributed by atoms with Crippen LogP contribution in [0.1, 0.15) is 20.8 Å². The van der Waals surface area contributed by atoms with Gasteiger partial charge in [0, 0.05) is 11.9 Å². The van der Waals surface area contributed by atoms with Crippen molar-refractivity contribution in [3.05, 3.63) is 40.7 Å². The number of nitrogens with zero attached hydrogens (tertiary/aromatic N) is 2. The van der Waals surface area contributed by atoms with Crippen molar-refractivity contribution in [3.8, 4) is 0 Å².